The number of nitrogens with one attached hydrogen (secondary N) is 1. The zero-order valence-corrected chi connectivity index (χ0v) is 16.7. The zero-order chi connectivity index (χ0) is 20.6. The summed E-state index contributed by atoms with van der Waals surface area (Å²) in [6, 6.07) is 6.99. The lowest BCUT2D eigenvalue weighted by atomic mass is 10.2. The molecule has 1 amide bonds. The fourth-order valence-corrected chi connectivity index (χ4v) is 2.88. The topological polar surface area (TPSA) is 99.0 Å². The smallest absolute Gasteiger partial charge is 0.411 e. The molecule has 0 saturated carbocycles. The number of amides is 1. The van der Waals surface area contributed by atoms with Crippen molar-refractivity contribution in [2.24, 2.45) is 0 Å². The number of carbonyl (C=O) groups is 1. The van der Waals surface area contributed by atoms with E-state index in [1.54, 1.807) is 28.8 Å². The van der Waals surface area contributed by atoms with Crippen LogP contribution in [0, 0.1) is 0 Å². The molecule has 0 bridgehead atoms. The van der Waals surface area contributed by atoms with Gasteiger partial charge < -0.3 is 4.74 Å². The Kier molecular flexibility index (Phi) is 6.89. The van der Waals surface area contributed by atoms with E-state index in [1.807, 2.05) is 6.92 Å². The molecule has 0 unspecified atom stereocenters. The van der Waals surface area contributed by atoms with Gasteiger partial charge in [0.1, 0.15) is 5.82 Å². The molecule has 0 aliphatic carbocycles. The van der Waals surface area contributed by atoms with E-state index in [0.717, 1.165) is 25.7 Å². The molecule has 0 aliphatic rings. The molecule has 0 spiro atoms. The molecule has 2 aromatic heterocycles. The summed E-state index contributed by atoms with van der Waals surface area (Å²) >= 11 is 0. The Morgan fingerprint density at radius 2 is 1.79 bits per heavy atom. The summed E-state index contributed by atoms with van der Waals surface area (Å²) in [7, 11) is 0. The number of unbranched alkanes of at least 4 members (excludes halogenated alkanes) is 2. The molecule has 0 aliphatic heterocycles. The average Bonchev–Trinajstić information content (AvgIpc) is 2.73. The van der Waals surface area contributed by atoms with E-state index in [2.05, 4.69) is 27.2 Å². The van der Waals surface area contributed by atoms with Crippen LogP contribution in [0.4, 0.5) is 10.5 Å². The summed E-state index contributed by atoms with van der Waals surface area (Å²) in [5.41, 5.74) is 1.58. The largest absolute Gasteiger partial charge is 0.449 e. The Morgan fingerprint density at radius 1 is 1.07 bits per heavy atom. The Balaban J connectivity index is 1.90. The minimum Gasteiger partial charge on any atom is -0.449 e. The molecule has 3 rings (SSSR count). The predicted octanol–water partition coefficient (Wildman–Crippen LogP) is 3.87. The van der Waals surface area contributed by atoms with E-state index in [1.165, 1.54) is 12.4 Å². The number of rotatable bonds is 8. The number of anilines is 1. The van der Waals surface area contributed by atoms with Gasteiger partial charge in [-0.3, -0.25) is 14.7 Å². The van der Waals surface area contributed by atoms with Crippen LogP contribution in [0.5, 0.6) is 0 Å². The summed E-state index contributed by atoms with van der Waals surface area (Å²) in [6.07, 6.45) is 6.85. The number of fused-ring (bicyclic) bond motifs is 1. The van der Waals surface area contributed by atoms with Crippen molar-refractivity contribution < 1.29 is 9.53 Å². The highest BCUT2D eigenvalue weighted by Gasteiger charge is 2.14. The van der Waals surface area contributed by atoms with Gasteiger partial charge in [-0.05, 0) is 37.1 Å². The van der Waals surface area contributed by atoms with Crippen LogP contribution in [0.25, 0.3) is 16.9 Å². The molecule has 8 heteroatoms. The minimum absolute atomic E-state index is 0.231. The van der Waals surface area contributed by atoms with Gasteiger partial charge in [0.25, 0.3) is 5.56 Å². The second kappa shape index (κ2) is 9.77. The number of carbonyl (C=O) groups excluding carboxylic acids is 1. The molecule has 2 heterocycles. The Labute approximate surface area is 169 Å². The van der Waals surface area contributed by atoms with Gasteiger partial charge >= 0.3 is 6.09 Å². The number of nitrogens with zero attached hydrogens (tertiary/aromatic N) is 4. The van der Waals surface area contributed by atoms with Gasteiger partial charge in [-0.1, -0.05) is 26.7 Å². The molecular formula is C21H25N5O3. The molecule has 0 saturated heterocycles. The Hall–Kier alpha value is -3.29. The minimum atomic E-state index is -0.491. The van der Waals surface area contributed by atoms with E-state index in [4.69, 9.17) is 4.74 Å². The molecule has 0 atom stereocenters. The molecule has 1 aromatic carbocycles. The number of aryl methyl sites for hydroxylation is 1. The van der Waals surface area contributed by atoms with Crippen molar-refractivity contribution in [1.82, 2.24) is 19.5 Å². The van der Waals surface area contributed by atoms with Crippen LogP contribution in [0.3, 0.4) is 0 Å². The van der Waals surface area contributed by atoms with E-state index in [-0.39, 0.29) is 11.1 Å². The van der Waals surface area contributed by atoms with E-state index >= 15 is 0 Å². The van der Waals surface area contributed by atoms with Gasteiger partial charge in [0.05, 0.1) is 12.3 Å². The maximum absolute atomic E-state index is 13.1. The molecule has 152 valence electrons. The fourth-order valence-electron chi connectivity index (χ4n) is 2.88. The molecule has 3 aromatic rings. The maximum Gasteiger partial charge on any atom is 0.411 e. The molecule has 8 nitrogen and oxygen atoms in total. The van der Waals surface area contributed by atoms with Gasteiger partial charge in [-0.15, -0.1) is 0 Å². The van der Waals surface area contributed by atoms with Gasteiger partial charge in [-0.25, -0.2) is 19.7 Å². The van der Waals surface area contributed by atoms with Crippen molar-refractivity contribution in [2.45, 2.75) is 46.0 Å². The van der Waals surface area contributed by atoms with Crippen molar-refractivity contribution in [2.75, 3.05) is 11.9 Å². The first-order valence-corrected chi connectivity index (χ1v) is 9.91. The monoisotopic (exact) mass is 395 g/mol. The number of aromatic nitrogens is 4. The number of benzene rings is 1. The van der Waals surface area contributed by atoms with E-state index in [9.17, 15) is 9.59 Å². The van der Waals surface area contributed by atoms with Gasteiger partial charge in [0, 0.05) is 24.5 Å². The van der Waals surface area contributed by atoms with Crippen molar-refractivity contribution >= 4 is 22.9 Å². The lowest BCUT2D eigenvalue weighted by molar-refractivity contribution is 0.160. The lowest BCUT2D eigenvalue weighted by Gasteiger charge is -2.13. The number of hydrogen-bond acceptors (Lipinski definition) is 6. The molecule has 29 heavy (non-hydrogen) atoms. The lowest BCUT2D eigenvalue weighted by Crippen LogP contribution is -2.25. The molecule has 1 N–H and O–H groups in total. The van der Waals surface area contributed by atoms with Crippen LogP contribution in [-0.2, 0) is 11.2 Å². The molecular weight excluding hydrogens is 370 g/mol. The SMILES string of the molecule is CCCCOC(=O)Nc1ccc(-n2c(CCCC)nc3nccnc3c2=O)cc1. The zero-order valence-electron chi connectivity index (χ0n) is 16.7. The molecule has 0 radical (unpaired) electrons. The summed E-state index contributed by atoms with van der Waals surface area (Å²) in [4.78, 5) is 37.7. The molecule has 0 fully saturated rings. The first kappa shape index (κ1) is 20.4. The van der Waals surface area contributed by atoms with Crippen LogP contribution in [-0.4, -0.2) is 32.2 Å². The van der Waals surface area contributed by atoms with Gasteiger partial charge in [0.15, 0.2) is 11.2 Å². The summed E-state index contributed by atoms with van der Waals surface area (Å²) in [6.45, 7) is 4.51. The third kappa shape index (κ3) is 4.96. The van der Waals surface area contributed by atoms with Crippen molar-refractivity contribution in [3.05, 3.63) is 52.8 Å². The second-order valence-electron chi connectivity index (χ2n) is 6.66. The number of hydrogen-bond donors (Lipinski definition) is 1. The average molecular weight is 395 g/mol. The summed E-state index contributed by atoms with van der Waals surface area (Å²) < 4.78 is 6.67. The van der Waals surface area contributed by atoms with Crippen molar-refractivity contribution in [3.8, 4) is 5.69 Å². The van der Waals surface area contributed by atoms with Crippen molar-refractivity contribution in [1.29, 1.82) is 0 Å². The first-order valence-electron chi connectivity index (χ1n) is 9.91. The second-order valence-corrected chi connectivity index (χ2v) is 6.66. The standard InChI is InChI=1S/C21H25N5O3/c1-3-5-7-17-25-19-18(22-12-13-23-19)20(27)26(17)16-10-8-15(9-11-16)24-21(28)29-14-6-4-2/h8-13H,3-7,14H2,1-2H3,(H,24,28). The fraction of sp³-hybridized carbons (Fsp3) is 0.381. The van der Waals surface area contributed by atoms with Gasteiger partial charge in [0.2, 0.25) is 0 Å². The predicted molar refractivity (Wildman–Crippen MR) is 111 cm³/mol. The van der Waals surface area contributed by atoms with Crippen LogP contribution in [0.15, 0.2) is 41.5 Å². The summed E-state index contributed by atoms with van der Waals surface area (Å²) in [5, 5.41) is 2.69. The number of ether oxygens (including phenoxy) is 1. The maximum atomic E-state index is 13.1. The van der Waals surface area contributed by atoms with Crippen molar-refractivity contribution in [3.63, 3.8) is 0 Å². The quantitative estimate of drug-likeness (QED) is 0.581. The summed E-state index contributed by atoms with van der Waals surface area (Å²) in [5.74, 6) is 0.643. The van der Waals surface area contributed by atoms with Crippen LogP contribution in [0.2, 0.25) is 0 Å². The van der Waals surface area contributed by atoms with Crippen LogP contribution in [0.1, 0.15) is 45.4 Å². The van der Waals surface area contributed by atoms with Crippen LogP contribution >= 0.6 is 0 Å². The van der Waals surface area contributed by atoms with Crippen LogP contribution < -0.4 is 10.9 Å². The third-order valence-corrected chi connectivity index (χ3v) is 4.43. The van der Waals surface area contributed by atoms with E-state index in [0.29, 0.717) is 35.9 Å². The Morgan fingerprint density at radius 3 is 2.52 bits per heavy atom. The first-order chi connectivity index (χ1) is 14.1. The third-order valence-electron chi connectivity index (χ3n) is 4.43. The highest BCUT2D eigenvalue weighted by atomic mass is 16.5. The highest BCUT2D eigenvalue weighted by molar-refractivity contribution is 5.84. The highest BCUT2D eigenvalue weighted by Crippen LogP contribution is 2.16. The van der Waals surface area contributed by atoms with Gasteiger partial charge in [-0.2, -0.15) is 0 Å². The normalized spacial score (nSPS) is 10.8. The van der Waals surface area contributed by atoms with E-state index < -0.39 is 6.09 Å². The Bertz CT molecular complexity index is 1030.